The number of methoxy groups -OCH3 is 2. The number of aromatic nitrogens is 2. The number of hydrogen-bond acceptors (Lipinski definition) is 5. The van der Waals surface area contributed by atoms with Crippen LogP contribution in [0.2, 0.25) is 0 Å². The van der Waals surface area contributed by atoms with Crippen molar-refractivity contribution in [3.05, 3.63) is 36.4 Å². The first-order valence-corrected chi connectivity index (χ1v) is 8.95. The van der Waals surface area contributed by atoms with Crippen LogP contribution >= 0.6 is 0 Å². The molecule has 0 unspecified atom stereocenters. The maximum absolute atomic E-state index is 12.3. The Labute approximate surface area is 146 Å². The second-order valence-corrected chi connectivity index (χ2v) is 7.77. The molecule has 1 heterocycles. The highest BCUT2D eigenvalue weighted by atomic mass is 32.2. The van der Waals surface area contributed by atoms with E-state index in [2.05, 4.69) is 9.97 Å². The van der Waals surface area contributed by atoms with E-state index in [-0.39, 0.29) is 4.90 Å². The summed E-state index contributed by atoms with van der Waals surface area (Å²) in [7, 11) is 2.65. The van der Waals surface area contributed by atoms with Gasteiger partial charge in [-0.2, -0.15) is 0 Å². The second kappa shape index (κ2) is 6.38. The van der Waals surface area contributed by atoms with Crippen molar-refractivity contribution in [2.75, 3.05) is 28.3 Å². The molecule has 1 N–H and O–H groups in total. The summed E-state index contributed by atoms with van der Waals surface area (Å²) in [6.45, 7) is 0. The van der Waals surface area contributed by atoms with Gasteiger partial charge in [-0.15, -0.1) is 0 Å². The maximum Gasteiger partial charge on any atom is 0.242 e. The number of rotatable bonds is 5. The third-order valence-corrected chi connectivity index (χ3v) is 5.70. The molecule has 0 aliphatic heterocycles. The molecule has 0 radical (unpaired) electrons. The number of imidazole rings is 1. The number of nitrogens with one attached hydrogen (secondary N) is 1. The molecule has 0 bridgehead atoms. The maximum atomic E-state index is 12.3. The van der Waals surface area contributed by atoms with Crippen molar-refractivity contribution in [3.8, 4) is 22.9 Å². The largest absolute Gasteiger partial charge is 0.493 e. The molecule has 0 spiro atoms. The Morgan fingerprint density at radius 2 is 1.72 bits per heavy atom. The van der Waals surface area contributed by atoms with E-state index in [1.54, 1.807) is 38.5 Å². The van der Waals surface area contributed by atoms with Crippen LogP contribution in [0.5, 0.6) is 11.5 Å². The summed E-state index contributed by atoms with van der Waals surface area (Å²) in [5.74, 6) is 1.84. The van der Waals surface area contributed by atoms with Gasteiger partial charge in [-0.05, 0) is 36.4 Å². The average molecular weight is 361 g/mol. The van der Waals surface area contributed by atoms with E-state index in [1.807, 2.05) is 12.1 Å². The van der Waals surface area contributed by atoms with Crippen LogP contribution in [-0.4, -0.2) is 51.0 Å². The zero-order valence-corrected chi connectivity index (χ0v) is 15.2. The standard InChI is InChI=1S/C17H19N3O4S/c1-20(2)25(21,22)12-6-7-13-14(10-12)19-17(18-13)11-5-8-15(23-3)16(9-11)24-4/h5-10H,1-4H3,(H,18,19). The van der Waals surface area contributed by atoms with Crippen LogP contribution in [0.4, 0.5) is 0 Å². The van der Waals surface area contributed by atoms with E-state index < -0.39 is 10.0 Å². The van der Waals surface area contributed by atoms with Crippen LogP contribution in [0.15, 0.2) is 41.3 Å². The minimum Gasteiger partial charge on any atom is -0.493 e. The predicted octanol–water partition coefficient (Wildman–Crippen LogP) is 2.50. The lowest BCUT2D eigenvalue weighted by Crippen LogP contribution is -2.22. The quantitative estimate of drug-likeness (QED) is 0.755. The molecule has 2 aromatic carbocycles. The van der Waals surface area contributed by atoms with Gasteiger partial charge >= 0.3 is 0 Å². The average Bonchev–Trinajstić information content (AvgIpc) is 3.04. The van der Waals surface area contributed by atoms with Gasteiger partial charge in [-0.3, -0.25) is 0 Å². The van der Waals surface area contributed by atoms with Gasteiger partial charge < -0.3 is 14.5 Å². The van der Waals surface area contributed by atoms with Crippen LogP contribution in [0.25, 0.3) is 22.4 Å². The number of hydrogen-bond donors (Lipinski definition) is 1. The monoisotopic (exact) mass is 361 g/mol. The molecule has 7 nitrogen and oxygen atoms in total. The molecule has 0 fully saturated rings. The van der Waals surface area contributed by atoms with Gasteiger partial charge in [0.1, 0.15) is 5.82 Å². The number of ether oxygens (including phenoxy) is 2. The van der Waals surface area contributed by atoms with E-state index in [1.165, 1.54) is 18.4 Å². The molecule has 132 valence electrons. The summed E-state index contributed by atoms with van der Waals surface area (Å²) in [6.07, 6.45) is 0. The van der Waals surface area contributed by atoms with E-state index in [0.29, 0.717) is 28.4 Å². The molecule has 0 atom stereocenters. The molecule has 1 aromatic heterocycles. The Balaban J connectivity index is 2.08. The third kappa shape index (κ3) is 3.06. The Hall–Kier alpha value is -2.58. The van der Waals surface area contributed by atoms with Crippen LogP contribution in [0, 0.1) is 0 Å². The van der Waals surface area contributed by atoms with Crippen LogP contribution in [-0.2, 0) is 10.0 Å². The summed E-state index contributed by atoms with van der Waals surface area (Å²) in [6, 6.07) is 10.3. The third-order valence-electron chi connectivity index (χ3n) is 3.89. The first kappa shape index (κ1) is 17.2. The molecule has 0 saturated heterocycles. The molecule has 0 saturated carbocycles. The Morgan fingerprint density at radius 1 is 1.00 bits per heavy atom. The van der Waals surface area contributed by atoms with Gasteiger partial charge in [0.25, 0.3) is 0 Å². The lowest BCUT2D eigenvalue weighted by Gasteiger charge is -2.10. The summed E-state index contributed by atoms with van der Waals surface area (Å²) in [5.41, 5.74) is 2.14. The molecule has 0 amide bonds. The van der Waals surface area contributed by atoms with Crippen molar-refractivity contribution < 1.29 is 17.9 Å². The van der Waals surface area contributed by atoms with Crippen molar-refractivity contribution in [3.63, 3.8) is 0 Å². The summed E-state index contributed by atoms with van der Waals surface area (Å²) in [4.78, 5) is 7.90. The van der Waals surface area contributed by atoms with E-state index in [0.717, 1.165) is 5.56 Å². The fraction of sp³-hybridized carbons (Fsp3) is 0.235. The second-order valence-electron chi connectivity index (χ2n) is 5.62. The highest BCUT2D eigenvalue weighted by molar-refractivity contribution is 7.89. The zero-order chi connectivity index (χ0) is 18.2. The number of benzene rings is 2. The predicted molar refractivity (Wildman–Crippen MR) is 95.5 cm³/mol. The van der Waals surface area contributed by atoms with Gasteiger partial charge in [0, 0.05) is 19.7 Å². The first-order valence-electron chi connectivity index (χ1n) is 7.51. The fourth-order valence-corrected chi connectivity index (χ4v) is 3.41. The minimum absolute atomic E-state index is 0.215. The van der Waals surface area contributed by atoms with Crippen LogP contribution < -0.4 is 9.47 Å². The van der Waals surface area contributed by atoms with E-state index in [9.17, 15) is 8.42 Å². The summed E-state index contributed by atoms with van der Waals surface area (Å²) < 4.78 is 36.3. The Morgan fingerprint density at radius 3 is 2.36 bits per heavy atom. The minimum atomic E-state index is -3.49. The SMILES string of the molecule is COc1ccc(-c2nc3ccc(S(=O)(=O)N(C)C)cc3[nH]2)cc1OC. The van der Waals surface area contributed by atoms with Gasteiger partial charge in [0.15, 0.2) is 11.5 Å². The van der Waals surface area contributed by atoms with Crippen molar-refractivity contribution in [1.82, 2.24) is 14.3 Å². The number of sulfonamides is 1. The first-order chi connectivity index (χ1) is 11.9. The lowest BCUT2D eigenvalue weighted by molar-refractivity contribution is 0.355. The molecule has 0 aliphatic rings. The van der Waals surface area contributed by atoms with E-state index >= 15 is 0 Å². The Bertz CT molecular complexity index is 1030. The molecule has 3 aromatic rings. The van der Waals surface area contributed by atoms with Crippen molar-refractivity contribution in [2.45, 2.75) is 4.90 Å². The Kier molecular flexibility index (Phi) is 4.40. The van der Waals surface area contributed by atoms with E-state index in [4.69, 9.17) is 9.47 Å². The molecule has 0 aliphatic carbocycles. The lowest BCUT2D eigenvalue weighted by atomic mass is 10.2. The topological polar surface area (TPSA) is 84.5 Å². The molecule has 25 heavy (non-hydrogen) atoms. The van der Waals surface area contributed by atoms with Crippen molar-refractivity contribution >= 4 is 21.1 Å². The van der Waals surface area contributed by atoms with Crippen molar-refractivity contribution in [2.24, 2.45) is 0 Å². The number of H-pyrrole nitrogens is 1. The smallest absolute Gasteiger partial charge is 0.242 e. The van der Waals surface area contributed by atoms with Crippen LogP contribution in [0.1, 0.15) is 0 Å². The van der Waals surface area contributed by atoms with Gasteiger partial charge in [-0.25, -0.2) is 17.7 Å². The fourth-order valence-electron chi connectivity index (χ4n) is 2.48. The normalized spacial score (nSPS) is 11.9. The van der Waals surface area contributed by atoms with Crippen molar-refractivity contribution in [1.29, 1.82) is 0 Å². The molecule has 8 heteroatoms. The van der Waals surface area contributed by atoms with Gasteiger partial charge in [0.05, 0.1) is 30.1 Å². The van der Waals surface area contributed by atoms with Crippen LogP contribution in [0.3, 0.4) is 0 Å². The summed E-state index contributed by atoms with van der Waals surface area (Å²) in [5, 5.41) is 0. The zero-order valence-electron chi connectivity index (χ0n) is 14.4. The summed E-state index contributed by atoms with van der Waals surface area (Å²) >= 11 is 0. The number of aromatic amines is 1. The molecular formula is C17H19N3O4S. The molecular weight excluding hydrogens is 342 g/mol. The highest BCUT2D eigenvalue weighted by Crippen LogP contribution is 2.32. The number of fused-ring (bicyclic) bond motifs is 1. The highest BCUT2D eigenvalue weighted by Gasteiger charge is 2.18. The van der Waals surface area contributed by atoms with Gasteiger partial charge in [-0.1, -0.05) is 0 Å². The van der Waals surface area contributed by atoms with Gasteiger partial charge in [0.2, 0.25) is 10.0 Å². The number of nitrogens with zero attached hydrogens (tertiary/aromatic N) is 2. The molecule has 3 rings (SSSR count).